The molecule has 3 heteroatoms. The number of esters is 1. The van der Waals surface area contributed by atoms with E-state index in [9.17, 15) is 4.79 Å². The number of halogens is 1. The van der Waals surface area contributed by atoms with Crippen molar-refractivity contribution in [3.63, 3.8) is 0 Å². The van der Waals surface area contributed by atoms with Gasteiger partial charge in [-0.2, -0.15) is 0 Å². The average Bonchev–Trinajstić information content (AvgIpc) is 2.55. The summed E-state index contributed by atoms with van der Waals surface area (Å²) in [5.41, 5.74) is 1.49. The van der Waals surface area contributed by atoms with Gasteiger partial charge in [0.2, 0.25) is 0 Å². The van der Waals surface area contributed by atoms with E-state index in [0.29, 0.717) is 17.2 Å². The second-order valence-electron chi connectivity index (χ2n) is 6.28. The zero-order valence-corrected chi connectivity index (χ0v) is 15.5. The van der Waals surface area contributed by atoms with Crippen LogP contribution in [0.5, 0.6) is 0 Å². The van der Waals surface area contributed by atoms with Crippen LogP contribution in [0.15, 0.2) is 18.2 Å². The summed E-state index contributed by atoms with van der Waals surface area (Å²) in [4.78, 5) is 11.9. The third kappa shape index (κ3) is 9.00. The van der Waals surface area contributed by atoms with Crippen molar-refractivity contribution in [2.75, 3.05) is 6.61 Å². The molecule has 0 atom stereocenters. The Kier molecular flexibility index (Phi) is 10.8. The van der Waals surface area contributed by atoms with Gasteiger partial charge in [0.15, 0.2) is 0 Å². The number of aryl methyl sites for hydroxylation is 1. The molecule has 130 valence electrons. The van der Waals surface area contributed by atoms with Gasteiger partial charge < -0.3 is 4.74 Å². The largest absolute Gasteiger partial charge is 0.462 e. The summed E-state index contributed by atoms with van der Waals surface area (Å²) in [6.07, 6.45) is 12.8. The standard InChI is InChI=1S/C20H31ClO2/c1-3-4-5-6-7-8-9-10-11-12-15-23-20(22)18-13-14-19(21)17(2)16-18/h13-14,16H,3-12,15H2,1-2H3. The zero-order valence-electron chi connectivity index (χ0n) is 14.7. The summed E-state index contributed by atoms with van der Waals surface area (Å²) in [7, 11) is 0. The minimum Gasteiger partial charge on any atom is -0.462 e. The highest BCUT2D eigenvalue weighted by molar-refractivity contribution is 6.31. The lowest BCUT2D eigenvalue weighted by atomic mass is 10.1. The van der Waals surface area contributed by atoms with Crippen LogP contribution in [0.25, 0.3) is 0 Å². The van der Waals surface area contributed by atoms with Gasteiger partial charge in [0.1, 0.15) is 0 Å². The van der Waals surface area contributed by atoms with Crippen molar-refractivity contribution in [1.82, 2.24) is 0 Å². The van der Waals surface area contributed by atoms with E-state index in [1.54, 1.807) is 18.2 Å². The fourth-order valence-electron chi connectivity index (χ4n) is 2.61. The highest BCUT2D eigenvalue weighted by Gasteiger charge is 2.08. The van der Waals surface area contributed by atoms with E-state index in [-0.39, 0.29) is 5.97 Å². The highest BCUT2D eigenvalue weighted by atomic mass is 35.5. The van der Waals surface area contributed by atoms with Gasteiger partial charge in [-0.1, -0.05) is 76.3 Å². The van der Waals surface area contributed by atoms with Crippen molar-refractivity contribution in [3.05, 3.63) is 34.3 Å². The van der Waals surface area contributed by atoms with Crippen LogP contribution in [-0.2, 0) is 4.74 Å². The Morgan fingerprint density at radius 1 is 0.957 bits per heavy atom. The Labute approximate surface area is 146 Å². The molecular formula is C20H31ClO2. The van der Waals surface area contributed by atoms with Gasteiger partial charge in [-0.3, -0.25) is 0 Å². The molecule has 0 unspecified atom stereocenters. The Bertz CT molecular complexity index is 457. The van der Waals surface area contributed by atoms with Crippen LogP contribution in [0.1, 0.15) is 87.1 Å². The molecule has 0 amide bonds. The second kappa shape index (κ2) is 12.4. The molecule has 0 fully saturated rings. The summed E-state index contributed by atoms with van der Waals surface area (Å²) >= 11 is 5.96. The van der Waals surface area contributed by atoms with E-state index in [2.05, 4.69) is 6.92 Å². The van der Waals surface area contributed by atoms with Gasteiger partial charge in [0.25, 0.3) is 0 Å². The zero-order chi connectivity index (χ0) is 16.9. The Morgan fingerprint density at radius 2 is 1.52 bits per heavy atom. The fourth-order valence-corrected chi connectivity index (χ4v) is 2.73. The number of ether oxygens (including phenoxy) is 1. The van der Waals surface area contributed by atoms with Gasteiger partial charge in [-0.25, -0.2) is 4.79 Å². The molecule has 23 heavy (non-hydrogen) atoms. The molecule has 2 nitrogen and oxygen atoms in total. The Morgan fingerprint density at radius 3 is 2.09 bits per heavy atom. The first-order valence-electron chi connectivity index (χ1n) is 9.08. The molecule has 1 rings (SSSR count). The van der Waals surface area contributed by atoms with E-state index in [1.165, 1.54) is 51.4 Å². The molecule has 0 heterocycles. The maximum atomic E-state index is 11.9. The first kappa shape index (κ1) is 20.0. The summed E-state index contributed by atoms with van der Waals surface area (Å²) in [6.45, 7) is 4.65. The quantitative estimate of drug-likeness (QED) is 0.312. The normalized spacial score (nSPS) is 10.7. The number of hydrogen-bond donors (Lipinski definition) is 0. The topological polar surface area (TPSA) is 26.3 Å². The molecule has 0 saturated heterocycles. The van der Waals surface area contributed by atoms with E-state index in [1.807, 2.05) is 6.92 Å². The van der Waals surface area contributed by atoms with Crippen molar-refractivity contribution < 1.29 is 9.53 Å². The Hall–Kier alpha value is -1.02. The predicted octanol–water partition coefficient (Wildman–Crippen LogP) is 6.73. The highest BCUT2D eigenvalue weighted by Crippen LogP contribution is 2.17. The molecule has 0 bridgehead atoms. The lowest BCUT2D eigenvalue weighted by molar-refractivity contribution is 0.0497. The fraction of sp³-hybridized carbons (Fsp3) is 0.650. The first-order valence-corrected chi connectivity index (χ1v) is 9.46. The van der Waals surface area contributed by atoms with E-state index in [4.69, 9.17) is 16.3 Å². The molecule has 0 spiro atoms. The van der Waals surface area contributed by atoms with Crippen molar-refractivity contribution >= 4 is 17.6 Å². The van der Waals surface area contributed by atoms with Crippen LogP contribution in [0.2, 0.25) is 5.02 Å². The number of unbranched alkanes of at least 4 members (excludes halogenated alkanes) is 9. The monoisotopic (exact) mass is 338 g/mol. The summed E-state index contributed by atoms with van der Waals surface area (Å²) in [5.74, 6) is -0.249. The van der Waals surface area contributed by atoms with Gasteiger partial charge in [0.05, 0.1) is 12.2 Å². The number of carbonyl (C=O) groups is 1. The van der Waals surface area contributed by atoms with Gasteiger partial charge in [-0.05, 0) is 37.1 Å². The van der Waals surface area contributed by atoms with E-state index in [0.717, 1.165) is 18.4 Å². The maximum absolute atomic E-state index is 11.9. The minimum atomic E-state index is -0.249. The van der Waals surface area contributed by atoms with Crippen LogP contribution >= 0.6 is 11.6 Å². The molecule has 0 saturated carbocycles. The summed E-state index contributed by atoms with van der Waals surface area (Å²) < 4.78 is 5.31. The summed E-state index contributed by atoms with van der Waals surface area (Å²) in [6, 6.07) is 5.24. The van der Waals surface area contributed by atoms with Crippen LogP contribution in [0, 0.1) is 6.92 Å². The number of carbonyl (C=O) groups excluding carboxylic acids is 1. The Balaban J connectivity index is 2.00. The first-order chi connectivity index (χ1) is 11.1. The van der Waals surface area contributed by atoms with Gasteiger partial charge in [-0.15, -0.1) is 0 Å². The minimum absolute atomic E-state index is 0.249. The van der Waals surface area contributed by atoms with E-state index < -0.39 is 0 Å². The van der Waals surface area contributed by atoms with Crippen molar-refractivity contribution in [2.45, 2.75) is 78.1 Å². The van der Waals surface area contributed by atoms with Crippen molar-refractivity contribution in [2.24, 2.45) is 0 Å². The molecule has 0 N–H and O–H groups in total. The van der Waals surface area contributed by atoms with Gasteiger partial charge >= 0.3 is 5.97 Å². The molecule has 0 radical (unpaired) electrons. The lowest BCUT2D eigenvalue weighted by Gasteiger charge is -2.06. The average molecular weight is 339 g/mol. The molecule has 0 aliphatic rings. The number of rotatable bonds is 12. The van der Waals surface area contributed by atoms with Crippen LogP contribution < -0.4 is 0 Å². The molecule has 0 aliphatic heterocycles. The van der Waals surface area contributed by atoms with E-state index >= 15 is 0 Å². The van der Waals surface area contributed by atoms with Crippen molar-refractivity contribution in [1.29, 1.82) is 0 Å². The van der Waals surface area contributed by atoms with Crippen LogP contribution in [-0.4, -0.2) is 12.6 Å². The number of benzene rings is 1. The van der Waals surface area contributed by atoms with Crippen molar-refractivity contribution in [3.8, 4) is 0 Å². The molecular weight excluding hydrogens is 308 g/mol. The SMILES string of the molecule is CCCCCCCCCCCCOC(=O)c1ccc(Cl)c(C)c1. The number of hydrogen-bond acceptors (Lipinski definition) is 2. The predicted molar refractivity (Wildman–Crippen MR) is 98.3 cm³/mol. The molecule has 0 aromatic heterocycles. The molecule has 0 aliphatic carbocycles. The summed E-state index contributed by atoms with van der Waals surface area (Å²) in [5, 5.41) is 0.677. The molecule has 1 aromatic rings. The van der Waals surface area contributed by atoms with Gasteiger partial charge in [0, 0.05) is 5.02 Å². The smallest absolute Gasteiger partial charge is 0.338 e. The lowest BCUT2D eigenvalue weighted by Crippen LogP contribution is -2.06. The maximum Gasteiger partial charge on any atom is 0.338 e. The van der Waals surface area contributed by atoms with Crippen LogP contribution in [0.3, 0.4) is 0 Å². The third-order valence-corrected chi connectivity index (χ3v) is 4.55. The second-order valence-corrected chi connectivity index (χ2v) is 6.69. The third-order valence-electron chi connectivity index (χ3n) is 4.12. The van der Waals surface area contributed by atoms with Crippen LogP contribution in [0.4, 0.5) is 0 Å². The molecule has 1 aromatic carbocycles.